The molecule has 8 nitrogen and oxygen atoms in total. The molecular weight excluding hydrogens is 384 g/mol. The van der Waals surface area contributed by atoms with Gasteiger partial charge in [0.15, 0.2) is 0 Å². The number of carbonyl (C=O) groups is 1. The van der Waals surface area contributed by atoms with Gasteiger partial charge in [0.25, 0.3) is 0 Å². The van der Waals surface area contributed by atoms with Crippen LogP contribution in [-0.2, 0) is 20.8 Å². The summed E-state index contributed by atoms with van der Waals surface area (Å²) in [5, 5.41) is 0. The Hall–Kier alpha value is -2.32. The van der Waals surface area contributed by atoms with Crippen molar-refractivity contribution in [1.82, 2.24) is 14.5 Å². The van der Waals surface area contributed by atoms with Crippen LogP contribution in [0.3, 0.4) is 0 Å². The second kappa shape index (κ2) is 10.1. The van der Waals surface area contributed by atoms with Gasteiger partial charge in [-0.3, -0.25) is 0 Å². The zero-order valence-electron chi connectivity index (χ0n) is 18.6. The second-order valence-corrected chi connectivity index (χ2v) is 8.47. The minimum Gasteiger partial charge on any atom is -0.444 e. The minimum atomic E-state index is -0.486. The molecule has 0 radical (unpaired) electrons. The number of ether oxygens (including phenoxy) is 3. The first-order valence-corrected chi connectivity index (χ1v) is 10.6. The van der Waals surface area contributed by atoms with Gasteiger partial charge < -0.3 is 28.6 Å². The standard InChI is InChI=1S/C22H34N4O4/c1-22(2,3)30-21(27)25-11-7-10-24(12-13-25)20-23-18-8-5-6-9-19(18)26(20)14-15-29-17-16-28-4/h5-6,8-9H,7,10-17H2,1-4H3. The highest BCUT2D eigenvalue weighted by Gasteiger charge is 2.26. The molecule has 0 aliphatic carbocycles. The molecule has 1 aliphatic heterocycles. The molecule has 1 aliphatic rings. The Morgan fingerprint density at radius 1 is 1.07 bits per heavy atom. The van der Waals surface area contributed by atoms with Gasteiger partial charge in [-0.05, 0) is 39.3 Å². The van der Waals surface area contributed by atoms with E-state index in [1.165, 1.54) is 0 Å². The highest BCUT2D eigenvalue weighted by Crippen LogP contribution is 2.24. The SMILES string of the molecule is COCCOCCn1c(N2CCCN(C(=O)OC(C)(C)C)CC2)nc2ccccc21. The lowest BCUT2D eigenvalue weighted by Gasteiger charge is -2.26. The number of nitrogens with zero attached hydrogens (tertiary/aromatic N) is 4. The molecule has 1 aromatic carbocycles. The van der Waals surface area contributed by atoms with Gasteiger partial charge in [0, 0.05) is 39.8 Å². The summed E-state index contributed by atoms with van der Waals surface area (Å²) >= 11 is 0. The van der Waals surface area contributed by atoms with Crippen LogP contribution in [0.1, 0.15) is 27.2 Å². The molecule has 0 spiro atoms. The summed E-state index contributed by atoms with van der Waals surface area (Å²) in [5.41, 5.74) is 1.58. The number of para-hydroxylation sites is 2. The van der Waals surface area contributed by atoms with Gasteiger partial charge in [0.05, 0.1) is 30.9 Å². The van der Waals surface area contributed by atoms with E-state index in [-0.39, 0.29) is 6.09 Å². The van der Waals surface area contributed by atoms with E-state index in [4.69, 9.17) is 19.2 Å². The van der Waals surface area contributed by atoms with Crippen molar-refractivity contribution >= 4 is 23.1 Å². The van der Waals surface area contributed by atoms with Crippen molar-refractivity contribution in [1.29, 1.82) is 0 Å². The van der Waals surface area contributed by atoms with Crippen LogP contribution in [0.2, 0.25) is 0 Å². The van der Waals surface area contributed by atoms with Gasteiger partial charge in [-0.15, -0.1) is 0 Å². The zero-order valence-corrected chi connectivity index (χ0v) is 18.6. The van der Waals surface area contributed by atoms with Crippen molar-refractivity contribution in [2.45, 2.75) is 39.3 Å². The topological polar surface area (TPSA) is 69.1 Å². The number of hydrogen-bond donors (Lipinski definition) is 0. The highest BCUT2D eigenvalue weighted by molar-refractivity contribution is 5.79. The first-order valence-electron chi connectivity index (χ1n) is 10.6. The molecule has 3 rings (SSSR count). The summed E-state index contributed by atoms with van der Waals surface area (Å²) in [6, 6.07) is 8.16. The van der Waals surface area contributed by atoms with E-state index in [0.29, 0.717) is 46.0 Å². The van der Waals surface area contributed by atoms with Gasteiger partial charge in [0.2, 0.25) is 5.95 Å². The number of aromatic nitrogens is 2. The summed E-state index contributed by atoms with van der Waals surface area (Å²) in [6.07, 6.45) is 0.622. The monoisotopic (exact) mass is 418 g/mol. The minimum absolute atomic E-state index is 0.246. The number of rotatable bonds is 7. The molecular formula is C22H34N4O4. The largest absolute Gasteiger partial charge is 0.444 e. The van der Waals surface area contributed by atoms with Gasteiger partial charge in [0.1, 0.15) is 5.60 Å². The number of carbonyl (C=O) groups excluding carboxylic acids is 1. The van der Waals surface area contributed by atoms with E-state index in [0.717, 1.165) is 29.9 Å². The summed E-state index contributed by atoms with van der Waals surface area (Å²) in [5.74, 6) is 0.928. The van der Waals surface area contributed by atoms with Crippen molar-refractivity contribution in [3.8, 4) is 0 Å². The van der Waals surface area contributed by atoms with Crippen LogP contribution in [0, 0.1) is 0 Å². The van der Waals surface area contributed by atoms with Gasteiger partial charge >= 0.3 is 6.09 Å². The van der Waals surface area contributed by atoms with Gasteiger partial charge in [-0.25, -0.2) is 9.78 Å². The molecule has 1 amide bonds. The predicted molar refractivity (Wildman–Crippen MR) is 117 cm³/mol. The van der Waals surface area contributed by atoms with Crippen LogP contribution < -0.4 is 4.90 Å². The van der Waals surface area contributed by atoms with Crippen LogP contribution in [0.15, 0.2) is 24.3 Å². The quantitative estimate of drug-likeness (QED) is 0.644. The maximum absolute atomic E-state index is 12.5. The smallest absolute Gasteiger partial charge is 0.410 e. The molecule has 1 saturated heterocycles. The second-order valence-electron chi connectivity index (χ2n) is 8.47. The van der Waals surface area contributed by atoms with Crippen LogP contribution in [-0.4, -0.2) is 79.3 Å². The molecule has 1 fully saturated rings. The third kappa shape index (κ3) is 5.86. The lowest BCUT2D eigenvalue weighted by atomic mass is 10.2. The Kier molecular flexibility index (Phi) is 7.55. The maximum Gasteiger partial charge on any atom is 0.410 e. The number of amides is 1. The van der Waals surface area contributed by atoms with Crippen molar-refractivity contribution in [2.24, 2.45) is 0 Å². The molecule has 2 heterocycles. The van der Waals surface area contributed by atoms with E-state index >= 15 is 0 Å². The zero-order chi connectivity index (χ0) is 21.6. The van der Waals surface area contributed by atoms with Crippen LogP contribution >= 0.6 is 0 Å². The normalized spacial score (nSPS) is 15.5. The Balaban J connectivity index is 1.72. The molecule has 30 heavy (non-hydrogen) atoms. The van der Waals surface area contributed by atoms with Crippen molar-refractivity contribution in [3.05, 3.63) is 24.3 Å². The molecule has 166 valence electrons. The molecule has 1 aromatic heterocycles. The Morgan fingerprint density at radius 3 is 2.63 bits per heavy atom. The average Bonchev–Trinajstić information content (AvgIpc) is 2.88. The molecule has 2 aromatic rings. The molecule has 8 heteroatoms. The lowest BCUT2D eigenvalue weighted by molar-refractivity contribution is 0.0263. The van der Waals surface area contributed by atoms with E-state index in [2.05, 4.69) is 15.5 Å². The lowest BCUT2D eigenvalue weighted by Crippen LogP contribution is -2.39. The first kappa shape index (κ1) is 22.4. The van der Waals surface area contributed by atoms with Crippen LogP contribution in [0.5, 0.6) is 0 Å². The summed E-state index contributed by atoms with van der Waals surface area (Å²) in [7, 11) is 1.67. The van der Waals surface area contributed by atoms with E-state index in [1.54, 1.807) is 12.0 Å². The van der Waals surface area contributed by atoms with Crippen molar-refractivity contribution in [3.63, 3.8) is 0 Å². The van der Waals surface area contributed by atoms with E-state index in [9.17, 15) is 4.79 Å². The highest BCUT2D eigenvalue weighted by atomic mass is 16.6. The first-order chi connectivity index (χ1) is 14.4. The number of fused-ring (bicyclic) bond motifs is 1. The Bertz CT molecular complexity index is 830. The molecule has 0 atom stereocenters. The van der Waals surface area contributed by atoms with Crippen molar-refractivity contribution in [2.75, 3.05) is 58.0 Å². The molecule has 0 saturated carbocycles. The number of imidazole rings is 1. The van der Waals surface area contributed by atoms with Crippen LogP contribution in [0.4, 0.5) is 10.7 Å². The fourth-order valence-electron chi connectivity index (χ4n) is 3.55. The molecule has 0 bridgehead atoms. The average molecular weight is 419 g/mol. The number of anilines is 1. The fraction of sp³-hybridized carbons (Fsp3) is 0.636. The van der Waals surface area contributed by atoms with Gasteiger partial charge in [-0.1, -0.05) is 12.1 Å². The Morgan fingerprint density at radius 2 is 1.87 bits per heavy atom. The van der Waals surface area contributed by atoms with Gasteiger partial charge in [-0.2, -0.15) is 0 Å². The Labute approximate surface area is 178 Å². The molecule has 0 N–H and O–H groups in total. The summed E-state index contributed by atoms with van der Waals surface area (Å²) in [4.78, 5) is 21.4. The fourth-order valence-corrected chi connectivity index (χ4v) is 3.55. The third-order valence-corrected chi connectivity index (χ3v) is 4.96. The van der Waals surface area contributed by atoms with Crippen LogP contribution in [0.25, 0.3) is 11.0 Å². The van der Waals surface area contributed by atoms with Crippen molar-refractivity contribution < 1.29 is 19.0 Å². The maximum atomic E-state index is 12.5. The van der Waals surface area contributed by atoms with E-state index < -0.39 is 5.60 Å². The van der Waals surface area contributed by atoms with E-state index in [1.807, 2.05) is 39.0 Å². The third-order valence-electron chi connectivity index (χ3n) is 4.96. The number of benzene rings is 1. The summed E-state index contributed by atoms with van der Waals surface area (Å²) < 4.78 is 18.5. The number of methoxy groups -OCH3 is 1. The molecule has 0 unspecified atom stereocenters. The summed E-state index contributed by atoms with van der Waals surface area (Å²) in [6.45, 7) is 11.0. The number of hydrogen-bond acceptors (Lipinski definition) is 6. The predicted octanol–water partition coefficient (Wildman–Crippen LogP) is 3.15.